The zero-order valence-corrected chi connectivity index (χ0v) is 28.5. The normalized spacial score (nSPS) is 16.1. The summed E-state index contributed by atoms with van der Waals surface area (Å²) in [7, 11) is 3.05. The number of methoxy groups -OCH3 is 2. The summed E-state index contributed by atoms with van der Waals surface area (Å²) in [5.41, 5.74) is 6.32. The van der Waals surface area contributed by atoms with Crippen LogP contribution >= 0.6 is 11.6 Å². The number of hydrogen-bond donors (Lipinski definition) is 1. The van der Waals surface area contributed by atoms with Crippen molar-refractivity contribution in [2.75, 3.05) is 14.2 Å². The third-order valence-corrected chi connectivity index (χ3v) is 10.3. The van der Waals surface area contributed by atoms with Crippen LogP contribution in [0.5, 0.6) is 11.8 Å². The van der Waals surface area contributed by atoms with E-state index in [0.29, 0.717) is 28.8 Å². The summed E-state index contributed by atoms with van der Waals surface area (Å²) in [5.74, 6) is 0.474. The smallest absolute Gasteiger partial charge is 0.213 e. The molecule has 48 heavy (non-hydrogen) atoms. The van der Waals surface area contributed by atoms with Crippen LogP contribution in [0.15, 0.2) is 86.2 Å². The zero-order valence-electron chi connectivity index (χ0n) is 27.7. The number of ether oxygens (including phenoxy) is 2. The predicted octanol–water partition coefficient (Wildman–Crippen LogP) is 10.0. The number of pyridine rings is 2. The van der Waals surface area contributed by atoms with Gasteiger partial charge in [0.05, 0.1) is 33.2 Å². The van der Waals surface area contributed by atoms with E-state index in [4.69, 9.17) is 21.1 Å². The molecule has 0 saturated heterocycles. The minimum Gasteiger partial charge on any atom is -0.481 e. The number of aliphatic hydroxyl groups is 1. The Kier molecular flexibility index (Phi) is 11.3. The maximum atomic E-state index is 14.5. The summed E-state index contributed by atoms with van der Waals surface area (Å²) < 4.78 is 39.3. The molecule has 0 unspecified atom stereocenters. The first kappa shape index (κ1) is 35.2. The number of rotatable bonds is 10. The molecule has 6 rings (SSSR count). The highest BCUT2D eigenvalue weighted by Crippen LogP contribution is 2.48. The topological polar surface area (TPSA) is 64.5 Å². The number of alkyl halides is 1. The van der Waals surface area contributed by atoms with Gasteiger partial charge in [-0.15, -0.1) is 24.8 Å². The van der Waals surface area contributed by atoms with Crippen molar-refractivity contribution in [2.24, 2.45) is 0 Å². The lowest BCUT2D eigenvalue weighted by Crippen LogP contribution is -2.20. The van der Waals surface area contributed by atoms with Crippen molar-refractivity contribution in [3.63, 3.8) is 0 Å². The molecule has 2 aliphatic rings. The Bertz CT molecular complexity index is 1630. The molecule has 1 N–H and O–H groups in total. The van der Waals surface area contributed by atoms with Gasteiger partial charge in [-0.2, -0.15) is 0 Å². The van der Waals surface area contributed by atoms with Crippen LogP contribution in [0.2, 0.25) is 0 Å². The fourth-order valence-corrected chi connectivity index (χ4v) is 7.48. The number of allylic oxidation sites excluding steroid dienone is 2. The van der Waals surface area contributed by atoms with E-state index >= 15 is 0 Å². The summed E-state index contributed by atoms with van der Waals surface area (Å²) >= 11 is 6.04. The second kappa shape index (κ2) is 15.4. The van der Waals surface area contributed by atoms with Gasteiger partial charge in [-0.3, -0.25) is 0 Å². The van der Waals surface area contributed by atoms with E-state index < -0.39 is 0 Å². The van der Waals surface area contributed by atoms with Crippen molar-refractivity contribution < 1.29 is 23.4 Å². The van der Waals surface area contributed by atoms with Gasteiger partial charge >= 0.3 is 0 Å². The highest BCUT2D eigenvalue weighted by Gasteiger charge is 2.36. The van der Waals surface area contributed by atoms with Gasteiger partial charge in [0, 0.05) is 40.0 Å². The van der Waals surface area contributed by atoms with Crippen LogP contribution in [0, 0.1) is 11.6 Å². The second-order valence-electron chi connectivity index (χ2n) is 12.6. The first-order valence-corrected chi connectivity index (χ1v) is 16.9. The maximum absolute atomic E-state index is 14.5. The fraction of sp³-hybridized carbons (Fsp3) is 0.350. The van der Waals surface area contributed by atoms with Crippen LogP contribution in [0.25, 0.3) is 22.3 Å². The molecule has 0 aliphatic heterocycles. The fourth-order valence-electron chi connectivity index (χ4n) is 7.31. The van der Waals surface area contributed by atoms with Crippen LogP contribution in [-0.4, -0.2) is 29.3 Å². The second-order valence-corrected chi connectivity index (χ2v) is 12.9. The highest BCUT2D eigenvalue weighted by molar-refractivity contribution is 6.17. The number of aromatic nitrogens is 2. The molecule has 2 aromatic carbocycles. The van der Waals surface area contributed by atoms with Crippen LogP contribution < -0.4 is 9.47 Å². The van der Waals surface area contributed by atoms with E-state index in [1.54, 1.807) is 12.1 Å². The molecule has 0 radical (unpaired) electrons. The lowest BCUT2D eigenvalue weighted by molar-refractivity contribution is 0.281. The SMILES string of the molecule is C=CC1(c2cc(CCl)ccc2-c2cc(OC)ncc2F)CCCC1.C=CC1(c2cc(CO)ccc2-c2cc(OC)ncc2F)CCCC1. The van der Waals surface area contributed by atoms with Crippen molar-refractivity contribution >= 4 is 11.6 Å². The average Bonchev–Trinajstić information content (AvgIpc) is 3.84. The van der Waals surface area contributed by atoms with Gasteiger partial charge < -0.3 is 14.6 Å². The molecule has 252 valence electrons. The quantitative estimate of drug-likeness (QED) is 0.134. The molecule has 2 saturated carbocycles. The molecule has 0 amide bonds. The van der Waals surface area contributed by atoms with Crippen LogP contribution in [0.4, 0.5) is 8.78 Å². The Balaban J connectivity index is 0.000000188. The van der Waals surface area contributed by atoms with Crippen molar-refractivity contribution in [3.8, 4) is 34.0 Å². The van der Waals surface area contributed by atoms with Gasteiger partial charge in [0.15, 0.2) is 0 Å². The van der Waals surface area contributed by atoms with E-state index in [9.17, 15) is 13.9 Å². The van der Waals surface area contributed by atoms with Gasteiger partial charge in [0.1, 0.15) is 11.6 Å². The molecular weight excluding hydrogens is 630 g/mol. The van der Waals surface area contributed by atoms with Crippen molar-refractivity contribution in [1.82, 2.24) is 9.97 Å². The average molecular weight is 673 g/mol. The minimum absolute atomic E-state index is 0.0390. The summed E-state index contributed by atoms with van der Waals surface area (Å²) in [6, 6.07) is 15.0. The molecule has 0 atom stereocenters. The molecule has 4 aromatic rings. The molecular formula is C40H43ClF2N2O3. The van der Waals surface area contributed by atoms with E-state index in [0.717, 1.165) is 84.7 Å². The predicted molar refractivity (Wildman–Crippen MR) is 189 cm³/mol. The Morgan fingerprint density at radius 2 is 1.12 bits per heavy atom. The van der Waals surface area contributed by atoms with Crippen molar-refractivity contribution in [1.29, 1.82) is 0 Å². The summed E-state index contributed by atoms with van der Waals surface area (Å²) in [5, 5.41) is 9.53. The number of aliphatic hydroxyl groups excluding tert-OH is 1. The van der Waals surface area contributed by atoms with Gasteiger partial charge in [-0.1, -0.05) is 74.2 Å². The first-order valence-electron chi connectivity index (χ1n) is 16.4. The zero-order chi connectivity index (χ0) is 34.3. The highest BCUT2D eigenvalue weighted by atomic mass is 35.5. The number of nitrogens with zero attached hydrogens (tertiary/aromatic N) is 2. The van der Waals surface area contributed by atoms with Gasteiger partial charge in [-0.05, 0) is 59.1 Å². The Morgan fingerprint density at radius 1 is 0.708 bits per heavy atom. The number of halogens is 3. The molecule has 0 bridgehead atoms. The van der Waals surface area contributed by atoms with E-state index in [-0.39, 0.29) is 29.1 Å². The summed E-state index contributed by atoms with van der Waals surface area (Å²) in [6.07, 6.45) is 15.0. The Hall–Kier alpha value is -4.07. The van der Waals surface area contributed by atoms with Gasteiger partial charge in [0.2, 0.25) is 11.8 Å². The lowest BCUT2D eigenvalue weighted by atomic mass is 9.75. The van der Waals surface area contributed by atoms with Crippen LogP contribution in [0.1, 0.15) is 73.6 Å². The largest absolute Gasteiger partial charge is 0.481 e. The van der Waals surface area contributed by atoms with Crippen molar-refractivity contribution in [2.45, 2.75) is 74.7 Å². The molecule has 8 heteroatoms. The van der Waals surface area contributed by atoms with E-state index in [1.807, 2.05) is 42.5 Å². The number of hydrogen-bond acceptors (Lipinski definition) is 5. The maximum Gasteiger partial charge on any atom is 0.213 e. The van der Waals surface area contributed by atoms with E-state index in [1.165, 1.54) is 26.6 Å². The molecule has 2 fully saturated rings. The lowest BCUT2D eigenvalue weighted by Gasteiger charge is -2.29. The monoisotopic (exact) mass is 672 g/mol. The Morgan fingerprint density at radius 3 is 1.50 bits per heavy atom. The van der Waals surface area contributed by atoms with Crippen LogP contribution in [0.3, 0.4) is 0 Å². The standard InChI is InChI=1S/C20H21ClFNO.C20H22FNO2/c1-3-20(8-4-5-9-20)17-10-14(12-21)6-7-15(17)16-11-19(24-2)23-13-18(16)22;1-3-20(8-4-5-9-20)17-10-14(13-23)6-7-15(17)16-11-19(24-2)22-12-18(16)21/h3,6-7,10-11,13H,1,4-5,8-9,12H2,2H3;3,6-7,10-12,23H,1,4-5,8-9,13H2,2H3. The van der Waals surface area contributed by atoms with E-state index in [2.05, 4.69) is 29.2 Å². The molecule has 2 aromatic heterocycles. The summed E-state index contributed by atoms with van der Waals surface area (Å²) in [6.45, 7) is 8.08. The van der Waals surface area contributed by atoms with Gasteiger partial charge in [-0.25, -0.2) is 18.7 Å². The minimum atomic E-state index is -0.383. The van der Waals surface area contributed by atoms with Gasteiger partial charge in [0.25, 0.3) is 0 Å². The molecule has 2 aliphatic carbocycles. The molecule has 2 heterocycles. The third-order valence-electron chi connectivity index (χ3n) is 10.0. The molecule has 5 nitrogen and oxygen atoms in total. The van der Waals surface area contributed by atoms with Crippen LogP contribution in [-0.2, 0) is 23.3 Å². The molecule has 0 spiro atoms. The summed E-state index contributed by atoms with van der Waals surface area (Å²) in [4.78, 5) is 7.87. The first-order chi connectivity index (χ1) is 23.3. The third kappa shape index (κ3) is 7.03. The Labute approximate surface area is 287 Å². The number of benzene rings is 2. The van der Waals surface area contributed by atoms with Crippen molar-refractivity contribution in [3.05, 3.63) is 120 Å².